The van der Waals surface area contributed by atoms with Gasteiger partial charge in [-0.2, -0.15) is 0 Å². The molecule has 0 bridgehead atoms. The molecule has 4 rings (SSSR count). The Balaban J connectivity index is 1.99. The number of fused-ring (bicyclic) bond motifs is 3. The average Bonchev–Trinajstić information content (AvgIpc) is 3.02. The molecular weight excluding hydrogens is 328 g/mol. The molecule has 2 nitrogen and oxygen atoms in total. The van der Waals surface area contributed by atoms with Gasteiger partial charge in [-0.15, -0.1) is 0 Å². The molecule has 0 saturated heterocycles. The van der Waals surface area contributed by atoms with Crippen molar-refractivity contribution in [3.05, 3.63) is 72.8 Å². The first-order valence-corrected chi connectivity index (χ1v) is 9.98. The van der Waals surface area contributed by atoms with Crippen molar-refractivity contribution in [2.24, 2.45) is 0 Å². The van der Waals surface area contributed by atoms with Gasteiger partial charge in [-0.3, -0.25) is 0 Å². The van der Waals surface area contributed by atoms with Crippen molar-refractivity contribution >= 4 is 27.5 Å². The molecule has 1 unspecified atom stereocenters. The van der Waals surface area contributed by atoms with Crippen LogP contribution < -0.4 is 4.90 Å². The Labute approximate surface area is 162 Å². The molecule has 0 N–H and O–H groups in total. The summed E-state index contributed by atoms with van der Waals surface area (Å²) in [6, 6.07) is 27.3. The van der Waals surface area contributed by atoms with Crippen molar-refractivity contribution in [3.63, 3.8) is 0 Å². The van der Waals surface area contributed by atoms with Crippen LogP contribution in [-0.4, -0.2) is 16.7 Å². The summed E-state index contributed by atoms with van der Waals surface area (Å²) in [7, 11) is 0. The third-order valence-electron chi connectivity index (χ3n) is 5.59. The van der Waals surface area contributed by atoms with Gasteiger partial charge in [-0.1, -0.05) is 43.3 Å². The van der Waals surface area contributed by atoms with Gasteiger partial charge >= 0.3 is 0 Å². The molecule has 1 aromatic heterocycles. The number of anilines is 1. The first-order chi connectivity index (χ1) is 13.1. The first kappa shape index (κ1) is 17.7. The van der Waals surface area contributed by atoms with E-state index < -0.39 is 0 Å². The number of nitrogens with zero attached hydrogens (tertiary/aromatic N) is 2. The van der Waals surface area contributed by atoms with Crippen LogP contribution in [0.5, 0.6) is 0 Å². The van der Waals surface area contributed by atoms with Crippen LogP contribution in [0.4, 0.5) is 5.69 Å². The molecule has 138 valence electrons. The average molecular weight is 357 g/mol. The number of aromatic nitrogens is 1. The number of hydrogen-bond acceptors (Lipinski definition) is 1. The number of hydrogen-bond donors (Lipinski definition) is 0. The highest BCUT2D eigenvalue weighted by Gasteiger charge is 2.19. The zero-order valence-electron chi connectivity index (χ0n) is 16.7. The lowest BCUT2D eigenvalue weighted by atomic mass is 10.1. The normalized spacial score (nSPS) is 12.8. The predicted octanol–water partition coefficient (Wildman–Crippen LogP) is 6.80. The monoisotopic (exact) mass is 356 g/mol. The molecule has 0 aliphatic heterocycles. The lowest BCUT2D eigenvalue weighted by molar-refractivity contribution is 0.562. The summed E-state index contributed by atoms with van der Waals surface area (Å²) in [5, 5.41) is 2.63. The lowest BCUT2D eigenvalue weighted by Gasteiger charge is -2.34. The minimum atomic E-state index is 0.472. The Morgan fingerprint density at radius 3 is 2.15 bits per heavy atom. The highest BCUT2D eigenvalue weighted by molar-refractivity contribution is 6.10. The van der Waals surface area contributed by atoms with Crippen LogP contribution in [0, 0.1) is 0 Å². The molecule has 27 heavy (non-hydrogen) atoms. The van der Waals surface area contributed by atoms with Gasteiger partial charge < -0.3 is 9.47 Å². The van der Waals surface area contributed by atoms with Crippen LogP contribution in [0.2, 0.25) is 0 Å². The molecule has 0 spiro atoms. The van der Waals surface area contributed by atoms with Crippen molar-refractivity contribution < 1.29 is 0 Å². The molecule has 0 radical (unpaired) electrons. The second-order valence-electron chi connectivity index (χ2n) is 7.65. The molecule has 0 fully saturated rings. The second kappa shape index (κ2) is 7.11. The third-order valence-corrected chi connectivity index (χ3v) is 5.59. The Morgan fingerprint density at radius 1 is 0.778 bits per heavy atom. The maximum absolute atomic E-state index is 2.54. The fourth-order valence-electron chi connectivity index (χ4n) is 4.24. The van der Waals surface area contributed by atoms with Crippen LogP contribution in [0.15, 0.2) is 72.8 Å². The maximum Gasteiger partial charge on any atom is 0.0542 e. The summed E-state index contributed by atoms with van der Waals surface area (Å²) < 4.78 is 2.37. The predicted molar refractivity (Wildman–Crippen MR) is 118 cm³/mol. The zero-order valence-corrected chi connectivity index (χ0v) is 16.7. The van der Waals surface area contributed by atoms with E-state index in [-0.39, 0.29) is 0 Å². The summed E-state index contributed by atoms with van der Waals surface area (Å²) in [6.07, 6.45) is 1.14. The van der Waals surface area contributed by atoms with E-state index in [1.807, 2.05) is 0 Å². The van der Waals surface area contributed by atoms with Gasteiger partial charge in [-0.05, 0) is 63.6 Å². The van der Waals surface area contributed by atoms with Crippen LogP contribution in [-0.2, 0) is 0 Å². The van der Waals surface area contributed by atoms with Gasteiger partial charge in [0, 0.05) is 34.2 Å². The van der Waals surface area contributed by atoms with E-state index in [2.05, 4.69) is 110 Å². The largest absolute Gasteiger partial charge is 0.366 e. The van der Waals surface area contributed by atoms with Crippen molar-refractivity contribution in [1.29, 1.82) is 0 Å². The molecule has 0 aliphatic rings. The van der Waals surface area contributed by atoms with E-state index in [0.29, 0.717) is 12.1 Å². The van der Waals surface area contributed by atoms with Crippen LogP contribution >= 0.6 is 0 Å². The molecular formula is C25H28N2. The quantitative estimate of drug-likeness (QED) is 0.382. The van der Waals surface area contributed by atoms with E-state index in [4.69, 9.17) is 0 Å². The highest BCUT2D eigenvalue weighted by atomic mass is 15.2. The zero-order chi connectivity index (χ0) is 19.0. The Bertz CT molecular complexity index is 1060. The maximum atomic E-state index is 2.54. The SMILES string of the molecule is CCC(C)N(c1ccc2c(c1)c1ccccc1n2-c1ccccc1)C(C)C. The number of rotatable bonds is 5. The second-order valence-corrected chi connectivity index (χ2v) is 7.65. The van der Waals surface area contributed by atoms with Gasteiger partial charge in [-0.25, -0.2) is 0 Å². The van der Waals surface area contributed by atoms with Crippen molar-refractivity contribution in [3.8, 4) is 5.69 Å². The fourth-order valence-corrected chi connectivity index (χ4v) is 4.24. The molecule has 4 aromatic rings. The van der Waals surface area contributed by atoms with E-state index in [1.165, 1.54) is 33.2 Å². The lowest BCUT2D eigenvalue weighted by Crippen LogP contribution is -2.38. The Morgan fingerprint density at radius 2 is 1.44 bits per heavy atom. The molecule has 0 aliphatic carbocycles. The highest BCUT2D eigenvalue weighted by Crippen LogP contribution is 2.35. The fraction of sp³-hybridized carbons (Fsp3) is 0.280. The summed E-state index contributed by atoms with van der Waals surface area (Å²) in [5.41, 5.74) is 5.04. The van der Waals surface area contributed by atoms with Gasteiger partial charge in [0.05, 0.1) is 11.0 Å². The summed E-state index contributed by atoms with van der Waals surface area (Å²) in [4.78, 5) is 2.54. The molecule has 2 heteroatoms. The Hall–Kier alpha value is -2.74. The summed E-state index contributed by atoms with van der Waals surface area (Å²) in [6.45, 7) is 9.14. The summed E-state index contributed by atoms with van der Waals surface area (Å²) in [5.74, 6) is 0. The third kappa shape index (κ3) is 2.99. The number of para-hydroxylation sites is 2. The minimum absolute atomic E-state index is 0.472. The van der Waals surface area contributed by atoms with Crippen LogP contribution in [0.1, 0.15) is 34.1 Å². The standard InChI is InChI=1S/C25H28N2/c1-5-19(4)26(18(2)3)21-15-16-25-23(17-21)22-13-9-10-14-24(22)27(25)20-11-7-6-8-12-20/h6-19H,5H2,1-4H3. The van der Waals surface area contributed by atoms with Crippen LogP contribution in [0.3, 0.4) is 0 Å². The van der Waals surface area contributed by atoms with Gasteiger partial charge in [0.25, 0.3) is 0 Å². The van der Waals surface area contributed by atoms with Crippen LogP contribution in [0.25, 0.3) is 27.5 Å². The van der Waals surface area contributed by atoms with Gasteiger partial charge in [0.15, 0.2) is 0 Å². The van der Waals surface area contributed by atoms with Gasteiger partial charge in [0.2, 0.25) is 0 Å². The molecule has 3 aromatic carbocycles. The molecule has 0 amide bonds. The van der Waals surface area contributed by atoms with E-state index in [9.17, 15) is 0 Å². The van der Waals surface area contributed by atoms with E-state index >= 15 is 0 Å². The van der Waals surface area contributed by atoms with Crippen molar-refractivity contribution in [2.75, 3.05) is 4.90 Å². The molecule has 1 atom stereocenters. The van der Waals surface area contributed by atoms with E-state index in [1.54, 1.807) is 0 Å². The topological polar surface area (TPSA) is 8.17 Å². The first-order valence-electron chi connectivity index (χ1n) is 9.98. The minimum Gasteiger partial charge on any atom is -0.366 e. The number of benzene rings is 3. The summed E-state index contributed by atoms with van der Waals surface area (Å²) >= 11 is 0. The molecule has 1 heterocycles. The van der Waals surface area contributed by atoms with Crippen molar-refractivity contribution in [2.45, 2.75) is 46.2 Å². The van der Waals surface area contributed by atoms with E-state index in [0.717, 1.165) is 6.42 Å². The molecule has 0 saturated carbocycles. The van der Waals surface area contributed by atoms with Crippen molar-refractivity contribution in [1.82, 2.24) is 4.57 Å². The smallest absolute Gasteiger partial charge is 0.0542 e. The van der Waals surface area contributed by atoms with Gasteiger partial charge in [0.1, 0.15) is 0 Å². The Kier molecular flexibility index (Phi) is 4.65.